The number of rotatable bonds is 6. The van der Waals surface area contributed by atoms with E-state index < -0.39 is 5.92 Å². The standard InChI is InChI=1S/C21H29NO5/c1-25-17-11-10-15(20(26-2)21(17)27-3)18(23)14-8-7-9-16(19(14)24)22-12-5-4-6-13-22/h10-11,14,16H,4-9,12-13H2,1-3H3. The van der Waals surface area contributed by atoms with Gasteiger partial charge in [0.05, 0.1) is 38.9 Å². The van der Waals surface area contributed by atoms with Gasteiger partial charge in [0.1, 0.15) is 0 Å². The van der Waals surface area contributed by atoms with Crippen molar-refractivity contribution in [3.8, 4) is 17.2 Å². The maximum atomic E-state index is 13.3. The Labute approximate surface area is 160 Å². The van der Waals surface area contributed by atoms with Crippen LogP contribution in [0.1, 0.15) is 48.9 Å². The van der Waals surface area contributed by atoms with E-state index in [4.69, 9.17) is 14.2 Å². The molecule has 3 rings (SSSR count). The summed E-state index contributed by atoms with van der Waals surface area (Å²) in [6.45, 7) is 1.91. The smallest absolute Gasteiger partial charge is 0.204 e. The fourth-order valence-electron chi connectivity index (χ4n) is 4.37. The van der Waals surface area contributed by atoms with Gasteiger partial charge in [-0.2, -0.15) is 0 Å². The summed E-state index contributed by atoms with van der Waals surface area (Å²) in [7, 11) is 4.53. The van der Waals surface area contributed by atoms with Crippen LogP contribution in [0.3, 0.4) is 0 Å². The van der Waals surface area contributed by atoms with Crippen molar-refractivity contribution in [1.29, 1.82) is 0 Å². The molecule has 1 aromatic carbocycles. The predicted octanol–water partition coefficient (Wildman–Crippen LogP) is 3.12. The van der Waals surface area contributed by atoms with Gasteiger partial charge in [0.2, 0.25) is 5.75 Å². The molecular formula is C21H29NO5. The first-order valence-electron chi connectivity index (χ1n) is 9.73. The summed E-state index contributed by atoms with van der Waals surface area (Å²) in [6.07, 6.45) is 5.82. The molecule has 0 bridgehead atoms. The van der Waals surface area contributed by atoms with Gasteiger partial charge >= 0.3 is 0 Å². The maximum Gasteiger partial charge on any atom is 0.204 e. The van der Waals surface area contributed by atoms with Gasteiger partial charge in [-0.15, -0.1) is 0 Å². The fraction of sp³-hybridized carbons (Fsp3) is 0.619. The summed E-state index contributed by atoms with van der Waals surface area (Å²) < 4.78 is 16.1. The van der Waals surface area contributed by atoms with Crippen molar-refractivity contribution in [3.63, 3.8) is 0 Å². The molecule has 0 radical (unpaired) electrons. The molecule has 2 atom stereocenters. The molecule has 148 valence electrons. The van der Waals surface area contributed by atoms with E-state index in [-0.39, 0.29) is 17.6 Å². The molecule has 1 aliphatic carbocycles. The molecule has 0 spiro atoms. The minimum absolute atomic E-state index is 0.0602. The third-order valence-electron chi connectivity index (χ3n) is 5.76. The molecule has 0 N–H and O–H groups in total. The zero-order valence-corrected chi connectivity index (χ0v) is 16.5. The molecule has 6 heteroatoms. The number of benzene rings is 1. The number of likely N-dealkylation sites (tertiary alicyclic amines) is 1. The van der Waals surface area contributed by atoms with E-state index in [1.165, 1.54) is 27.8 Å². The van der Waals surface area contributed by atoms with Gasteiger partial charge < -0.3 is 14.2 Å². The number of ether oxygens (including phenoxy) is 3. The largest absolute Gasteiger partial charge is 0.493 e. The Kier molecular flexibility index (Phi) is 6.37. The summed E-state index contributed by atoms with van der Waals surface area (Å²) in [5.74, 6) is 0.464. The van der Waals surface area contributed by atoms with Gasteiger partial charge in [-0.1, -0.05) is 12.8 Å². The average molecular weight is 375 g/mol. The average Bonchev–Trinajstić information content (AvgIpc) is 2.72. The lowest BCUT2D eigenvalue weighted by Crippen LogP contribution is -2.49. The number of nitrogens with zero attached hydrogens (tertiary/aromatic N) is 1. The van der Waals surface area contributed by atoms with Crippen LogP contribution in [0.15, 0.2) is 12.1 Å². The molecular weight excluding hydrogens is 346 g/mol. The highest BCUT2D eigenvalue weighted by Crippen LogP contribution is 2.41. The Hall–Kier alpha value is -2.08. The van der Waals surface area contributed by atoms with Crippen LogP contribution in [0.5, 0.6) is 17.2 Å². The summed E-state index contributed by atoms with van der Waals surface area (Å²) in [5.41, 5.74) is 0.382. The van der Waals surface area contributed by atoms with Gasteiger partial charge in [-0.25, -0.2) is 0 Å². The zero-order valence-electron chi connectivity index (χ0n) is 16.5. The fourth-order valence-corrected chi connectivity index (χ4v) is 4.37. The van der Waals surface area contributed by atoms with Crippen LogP contribution in [-0.2, 0) is 4.79 Å². The van der Waals surface area contributed by atoms with Crippen molar-refractivity contribution < 1.29 is 23.8 Å². The van der Waals surface area contributed by atoms with Gasteiger partial charge in [0.15, 0.2) is 23.1 Å². The quantitative estimate of drug-likeness (QED) is 0.562. The Bertz CT molecular complexity index is 696. The Balaban J connectivity index is 1.87. The second-order valence-electron chi connectivity index (χ2n) is 7.24. The Morgan fingerprint density at radius 1 is 0.926 bits per heavy atom. The Morgan fingerprint density at radius 3 is 2.26 bits per heavy atom. The van der Waals surface area contributed by atoms with Crippen LogP contribution in [0.25, 0.3) is 0 Å². The lowest BCUT2D eigenvalue weighted by atomic mass is 9.79. The molecule has 1 aliphatic heterocycles. The van der Waals surface area contributed by atoms with Crippen molar-refractivity contribution in [3.05, 3.63) is 17.7 Å². The highest BCUT2D eigenvalue weighted by molar-refractivity contribution is 6.14. The van der Waals surface area contributed by atoms with Crippen molar-refractivity contribution in [2.24, 2.45) is 5.92 Å². The normalized spacial score (nSPS) is 23.7. The van der Waals surface area contributed by atoms with Crippen LogP contribution in [0, 0.1) is 5.92 Å². The van der Waals surface area contributed by atoms with E-state index in [0.29, 0.717) is 29.2 Å². The van der Waals surface area contributed by atoms with Crippen LogP contribution < -0.4 is 14.2 Å². The molecule has 27 heavy (non-hydrogen) atoms. The number of methoxy groups -OCH3 is 3. The van der Waals surface area contributed by atoms with E-state index in [1.54, 1.807) is 12.1 Å². The second-order valence-corrected chi connectivity index (χ2v) is 7.24. The molecule has 0 aromatic heterocycles. The highest BCUT2D eigenvalue weighted by atomic mass is 16.5. The second kappa shape index (κ2) is 8.74. The van der Waals surface area contributed by atoms with Crippen molar-refractivity contribution >= 4 is 11.6 Å². The highest BCUT2D eigenvalue weighted by Gasteiger charge is 2.40. The molecule has 0 amide bonds. The topological polar surface area (TPSA) is 65.1 Å². The summed E-state index contributed by atoms with van der Waals surface area (Å²) in [4.78, 5) is 28.7. The molecule has 2 aliphatic rings. The number of ketones is 2. The van der Waals surface area contributed by atoms with Crippen molar-refractivity contribution in [2.75, 3.05) is 34.4 Å². The number of Topliss-reactive ketones (excluding diaryl/α,β-unsaturated/α-hetero) is 2. The number of carbonyl (C=O) groups is 2. The van der Waals surface area contributed by atoms with Gasteiger partial charge in [-0.3, -0.25) is 14.5 Å². The van der Waals surface area contributed by atoms with E-state index in [0.717, 1.165) is 38.8 Å². The molecule has 1 saturated carbocycles. The number of hydrogen-bond acceptors (Lipinski definition) is 6. The molecule has 1 heterocycles. The third-order valence-corrected chi connectivity index (χ3v) is 5.76. The summed E-state index contributed by atoms with van der Waals surface area (Å²) in [5, 5.41) is 0. The summed E-state index contributed by atoms with van der Waals surface area (Å²) >= 11 is 0. The van der Waals surface area contributed by atoms with Crippen LogP contribution in [-0.4, -0.2) is 56.9 Å². The van der Waals surface area contributed by atoms with Crippen molar-refractivity contribution in [1.82, 2.24) is 4.90 Å². The van der Waals surface area contributed by atoms with Crippen LogP contribution in [0.2, 0.25) is 0 Å². The first-order valence-corrected chi connectivity index (χ1v) is 9.73. The van der Waals surface area contributed by atoms with Crippen molar-refractivity contribution in [2.45, 2.75) is 44.6 Å². The minimum Gasteiger partial charge on any atom is -0.493 e. The Morgan fingerprint density at radius 2 is 1.63 bits per heavy atom. The van der Waals surface area contributed by atoms with E-state index in [2.05, 4.69) is 4.90 Å². The number of hydrogen-bond donors (Lipinski definition) is 0. The monoisotopic (exact) mass is 375 g/mol. The third kappa shape index (κ3) is 3.81. The molecule has 6 nitrogen and oxygen atoms in total. The number of carbonyl (C=O) groups excluding carboxylic acids is 2. The number of piperidine rings is 1. The minimum atomic E-state index is -0.613. The van der Waals surface area contributed by atoms with E-state index in [1.807, 2.05) is 0 Å². The first kappa shape index (κ1) is 19.7. The first-order chi connectivity index (χ1) is 13.1. The van der Waals surface area contributed by atoms with Gasteiger partial charge in [-0.05, 0) is 50.9 Å². The lowest BCUT2D eigenvalue weighted by molar-refractivity contribution is -0.129. The lowest BCUT2D eigenvalue weighted by Gasteiger charge is -2.38. The van der Waals surface area contributed by atoms with Gasteiger partial charge in [0, 0.05) is 0 Å². The molecule has 2 unspecified atom stereocenters. The predicted molar refractivity (Wildman–Crippen MR) is 102 cm³/mol. The van der Waals surface area contributed by atoms with Crippen LogP contribution >= 0.6 is 0 Å². The SMILES string of the molecule is COc1ccc(C(=O)C2CCCC(N3CCCCC3)C2=O)c(OC)c1OC. The van der Waals surface area contributed by atoms with Gasteiger partial charge in [0.25, 0.3) is 0 Å². The maximum absolute atomic E-state index is 13.3. The summed E-state index contributed by atoms with van der Waals surface area (Å²) in [6, 6.07) is 3.23. The molecule has 2 fully saturated rings. The van der Waals surface area contributed by atoms with E-state index in [9.17, 15) is 9.59 Å². The van der Waals surface area contributed by atoms with Crippen LogP contribution in [0.4, 0.5) is 0 Å². The zero-order chi connectivity index (χ0) is 19.4. The molecule has 1 saturated heterocycles. The van der Waals surface area contributed by atoms with E-state index >= 15 is 0 Å². The molecule has 1 aromatic rings.